The Morgan fingerprint density at radius 1 is 1.22 bits per heavy atom. The van der Waals surface area contributed by atoms with E-state index in [9.17, 15) is 19.5 Å². The summed E-state index contributed by atoms with van der Waals surface area (Å²) >= 11 is 0. The first-order valence-electron chi connectivity index (χ1n) is 8.87. The molecule has 0 unspecified atom stereocenters. The third-order valence-electron chi connectivity index (χ3n) is 4.34. The maximum absolute atomic E-state index is 13.0. The van der Waals surface area contributed by atoms with Crippen LogP contribution >= 0.6 is 0 Å². The van der Waals surface area contributed by atoms with Crippen molar-refractivity contribution in [2.45, 2.75) is 52.3 Å². The maximum atomic E-state index is 13.0. The highest BCUT2D eigenvalue weighted by Crippen LogP contribution is 2.26. The zero-order valence-corrected chi connectivity index (χ0v) is 16.1. The molecule has 1 aromatic rings. The summed E-state index contributed by atoms with van der Waals surface area (Å²) in [6.45, 7) is 6.83. The van der Waals surface area contributed by atoms with Gasteiger partial charge in [-0.25, -0.2) is 0 Å². The Morgan fingerprint density at radius 2 is 1.85 bits per heavy atom. The number of hydrogen-bond acceptors (Lipinski definition) is 5. The van der Waals surface area contributed by atoms with Gasteiger partial charge in [0.15, 0.2) is 5.75 Å². The predicted molar refractivity (Wildman–Crippen MR) is 98.4 cm³/mol. The number of aliphatic hydroxyl groups is 1. The summed E-state index contributed by atoms with van der Waals surface area (Å²) in [5.41, 5.74) is 1.78. The first-order valence-corrected chi connectivity index (χ1v) is 8.87. The van der Waals surface area contributed by atoms with Gasteiger partial charge in [-0.05, 0) is 17.5 Å². The highest BCUT2D eigenvalue weighted by Gasteiger charge is 2.44. The van der Waals surface area contributed by atoms with E-state index in [1.54, 1.807) is 24.3 Å². The van der Waals surface area contributed by atoms with E-state index >= 15 is 0 Å². The fourth-order valence-corrected chi connectivity index (χ4v) is 2.99. The van der Waals surface area contributed by atoms with Crippen LogP contribution in [-0.2, 0) is 14.4 Å². The number of para-hydroxylation sites is 1. The Labute approximate surface area is 158 Å². The molecule has 0 bridgehead atoms. The lowest BCUT2D eigenvalue weighted by Gasteiger charge is -2.35. The number of hydroxylamine groups is 1. The minimum absolute atomic E-state index is 0.0222. The third kappa shape index (κ3) is 5.43. The molecule has 0 aromatic heterocycles. The molecule has 1 aromatic carbocycles. The zero-order chi connectivity index (χ0) is 20.2. The van der Waals surface area contributed by atoms with Gasteiger partial charge in [0.25, 0.3) is 5.91 Å². The van der Waals surface area contributed by atoms with Crippen LogP contribution in [0.3, 0.4) is 0 Å². The molecule has 1 aliphatic heterocycles. The first kappa shape index (κ1) is 20.7. The van der Waals surface area contributed by atoms with Crippen molar-refractivity contribution in [2.75, 3.05) is 6.54 Å². The fourth-order valence-electron chi connectivity index (χ4n) is 2.99. The Balaban J connectivity index is 2.12. The lowest BCUT2D eigenvalue weighted by Crippen LogP contribution is -2.57. The van der Waals surface area contributed by atoms with E-state index in [2.05, 4.69) is 10.8 Å². The SMILES string of the molecule is CC(=O)N[C@H](C(=O)N1C[C@H](O)C[C@H]1C(=O)NOc1ccccc1)C(C)(C)C. The van der Waals surface area contributed by atoms with Gasteiger partial charge in [-0.1, -0.05) is 39.0 Å². The van der Waals surface area contributed by atoms with Gasteiger partial charge >= 0.3 is 0 Å². The number of aliphatic hydroxyl groups excluding tert-OH is 1. The van der Waals surface area contributed by atoms with Gasteiger partial charge < -0.3 is 20.2 Å². The number of likely N-dealkylation sites (tertiary alicyclic amines) is 1. The van der Waals surface area contributed by atoms with Crippen LogP contribution in [0, 0.1) is 5.41 Å². The van der Waals surface area contributed by atoms with E-state index in [1.165, 1.54) is 11.8 Å². The van der Waals surface area contributed by atoms with Crippen LogP contribution in [0.25, 0.3) is 0 Å². The largest absolute Gasteiger partial charge is 0.391 e. The molecule has 0 spiro atoms. The summed E-state index contributed by atoms with van der Waals surface area (Å²) in [6, 6.07) is 7.01. The molecule has 3 N–H and O–H groups in total. The minimum atomic E-state index is -0.880. The van der Waals surface area contributed by atoms with Crippen molar-refractivity contribution in [1.82, 2.24) is 15.7 Å². The number of β-amino-alcohol motifs (C(OH)–C–C–N with tert-alkyl or cyclic N) is 1. The van der Waals surface area contributed by atoms with Gasteiger partial charge in [-0.2, -0.15) is 5.48 Å². The highest BCUT2D eigenvalue weighted by atomic mass is 16.7. The molecule has 2 rings (SSSR count). The highest BCUT2D eigenvalue weighted by molar-refractivity contribution is 5.92. The molecule has 148 valence electrons. The van der Waals surface area contributed by atoms with Crippen LogP contribution in [-0.4, -0.2) is 52.5 Å². The molecular formula is C19H27N3O5. The number of benzene rings is 1. The summed E-state index contributed by atoms with van der Waals surface area (Å²) in [7, 11) is 0. The number of hydrogen-bond donors (Lipinski definition) is 3. The predicted octanol–water partition coefficient (Wildman–Crippen LogP) is 0.609. The summed E-state index contributed by atoms with van der Waals surface area (Å²) in [5, 5.41) is 12.7. The van der Waals surface area contributed by atoms with Gasteiger partial charge in [-0.15, -0.1) is 0 Å². The number of amides is 3. The number of carbonyl (C=O) groups is 3. The van der Waals surface area contributed by atoms with Gasteiger partial charge in [0.1, 0.15) is 12.1 Å². The molecule has 3 atom stereocenters. The molecule has 0 saturated carbocycles. The molecule has 0 radical (unpaired) electrons. The molecule has 8 heteroatoms. The maximum Gasteiger partial charge on any atom is 0.275 e. The van der Waals surface area contributed by atoms with E-state index in [0.717, 1.165) is 0 Å². The van der Waals surface area contributed by atoms with Crippen molar-refractivity contribution < 1.29 is 24.3 Å². The third-order valence-corrected chi connectivity index (χ3v) is 4.34. The summed E-state index contributed by atoms with van der Waals surface area (Å²) in [5.74, 6) is -0.821. The summed E-state index contributed by atoms with van der Waals surface area (Å²) in [6.07, 6.45) is -0.716. The average Bonchev–Trinajstić information content (AvgIpc) is 2.99. The van der Waals surface area contributed by atoms with Gasteiger partial charge in [0.05, 0.1) is 6.10 Å². The van der Waals surface area contributed by atoms with Crippen molar-refractivity contribution in [1.29, 1.82) is 0 Å². The van der Waals surface area contributed by atoms with Crippen molar-refractivity contribution in [2.24, 2.45) is 5.41 Å². The molecule has 27 heavy (non-hydrogen) atoms. The number of nitrogens with one attached hydrogen (secondary N) is 2. The molecular weight excluding hydrogens is 350 g/mol. The molecule has 1 fully saturated rings. The number of nitrogens with zero attached hydrogens (tertiary/aromatic N) is 1. The Hall–Kier alpha value is -2.61. The normalized spacial score (nSPS) is 20.7. The Morgan fingerprint density at radius 3 is 2.41 bits per heavy atom. The second-order valence-electron chi connectivity index (χ2n) is 7.78. The van der Waals surface area contributed by atoms with Crippen LogP contribution in [0.2, 0.25) is 0 Å². The van der Waals surface area contributed by atoms with Crippen LogP contribution in [0.4, 0.5) is 0 Å². The summed E-state index contributed by atoms with van der Waals surface area (Å²) < 4.78 is 0. The molecule has 1 heterocycles. The molecule has 0 aliphatic carbocycles. The number of carbonyl (C=O) groups excluding carboxylic acids is 3. The lowest BCUT2D eigenvalue weighted by atomic mass is 9.85. The molecule has 1 saturated heterocycles. The van der Waals surface area contributed by atoms with Crippen molar-refractivity contribution in [3.8, 4) is 5.75 Å². The van der Waals surface area contributed by atoms with E-state index in [-0.39, 0.29) is 18.9 Å². The van der Waals surface area contributed by atoms with Gasteiger partial charge in [-0.3, -0.25) is 14.4 Å². The number of rotatable bonds is 5. The average molecular weight is 377 g/mol. The monoisotopic (exact) mass is 377 g/mol. The second kappa shape index (κ2) is 8.39. The van der Waals surface area contributed by atoms with E-state index < -0.39 is 35.4 Å². The van der Waals surface area contributed by atoms with Gasteiger partial charge in [0, 0.05) is 19.9 Å². The van der Waals surface area contributed by atoms with Crippen LogP contribution in [0.5, 0.6) is 5.75 Å². The van der Waals surface area contributed by atoms with Crippen LogP contribution in [0.1, 0.15) is 34.1 Å². The Kier molecular flexibility index (Phi) is 6.43. The van der Waals surface area contributed by atoms with E-state index in [4.69, 9.17) is 4.84 Å². The lowest BCUT2D eigenvalue weighted by molar-refractivity contribution is -0.145. The van der Waals surface area contributed by atoms with Crippen molar-refractivity contribution in [3.63, 3.8) is 0 Å². The zero-order valence-electron chi connectivity index (χ0n) is 16.1. The Bertz CT molecular complexity index is 686. The smallest absolute Gasteiger partial charge is 0.275 e. The molecule has 3 amide bonds. The van der Waals surface area contributed by atoms with E-state index in [0.29, 0.717) is 5.75 Å². The van der Waals surface area contributed by atoms with Gasteiger partial charge in [0.2, 0.25) is 11.8 Å². The van der Waals surface area contributed by atoms with Crippen molar-refractivity contribution in [3.05, 3.63) is 30.3 Å². The second-order valence-corrected chi connectivity index (χ2v) is 7.78. The van der Waals surface area contributed by atoms with E-state index in [1.807, 2.05) is 26.8 Å². The minimum Gasteiger partial charge on any atom is -0.391 e. The molecule has 8 nitrogen and oxygen atoms in total. The summed E-state index contributed by atoms with van der Waals surface area (Å²) in [4.78, 5) is 43.7. The standard InChI is InChI=1S/C19H27N3O5/c1-12(23)20-16(19(2,3)4)18(26)22-11-13(24)10-15(22)17(25)21-27-14-8-6-5-7-9-14/h5-9,13,15-16,24H,10-11H2,1-4H3,(H,20,23)(H,21,25)/t13-,15+,16-/m1/s1. The first-order chi connectivity index (χ1) is 12.6. The molecule has 1 aliphatic rings. The van der Waals surface area contributed by atoms with Crippen LogP contribution in [0.15, 0.2) is 30.3 Å². The quantitative estimate of drug-likeness (QED) is 0.652. The fraction of sp³-hybridized carbons (Fsp3) is 0.526. The topological polar surface area (TPSA) is 108 Å². The van der Waals surface area contributed by atoms with Crippen molar-refractivity contribution >= 4 is 17.7 Å². The van der Waals surface area contributed by atoms with Crippen LogP contribution < -0.4 is 15.6 Å².